The van der Waals surface area contributed by atoms with E-state index in [1.807, 2.05) is 0 Å². The molecule has 0 aromatic heterocycles. The molecule has 1 saturated heterocycles. The van der Waals surface area contributed by atoms with Gasteiger partial charge >= 0.3 is 0 Å². The van der Waals surface area contributed by atoms with Gasteiger partial charge in [0.05, 0.1) is 22.8 Å². The van der Waals surface area contributed by atoms with E-state index in [2.05, 4.69) is 64.1 Å². The van der Waals surface area contributed by atoms with Gasteiger partial charge in [-0.15, -0.1) is 0 Å². The number of ether oxygens (including phenoxy) is 1. The SMILES string of the molecule is C=NC(C)(C)C1CCC(C)(C2CCC(C)(N=C)C3CCC(C)=CC32)O1. The van der Waals surface area contributed by atoms with E-state index >= 15 is 0 Å². The third kappa shape index (κ3) is 3.13. The largest absolute Gasteiger partial charge is 0.369 e. The number of fused-ring (bicyclic) bond motifs is 1. The summed E-state index contributed by atoms with van der Waals surface area (Å²) in [6.45, 7) is 18.9. The zero-order valence-corrected chi connectivity index (χ0v) is 16.8. The fourth-order valence-corrected chi connectivity index (χ4v) is 5.69. The lowest BCUT2D eigenvalue weighted by Crippen LogP contribution is -2.52. The van der Waals surface area contributed by atoms with Gasteiger partial charge in [0.25, 0.3) is 0 Å². The fourth-order valence-electron chi connectivity index (χ4n) is 5.69. The summed E-state index contributed by atoms with van der Waals surface area (Å²) in [5, 5.41) is 0. The smallest absolute Gasteiger partial charge is 0.0829 e. The lowest BCUT2D eigenvalue weighted by molar-refractivity contribution is -0.117. The molecular weight excluding hydrogens is 308 g/mol. The van der Waals surface area contributed by atoms with Crippen LogP contribution in [0, 0.1) is 17.8 Å². The Morgan fingerprint density at radius 1 is 1.12 bits per heavy atom. The molecule has 1 heterocycles. The highest BCUT2D eigenvalue weighted by Gasteiger charge is 2.55. The van der Waals surface area contributed by atoms with Crippen molar-refractivity contribution in [3.8, 4) is 0 Å². The van der Waals surface area contributed by atoms with Crippen LogP contribution in [0.25, 0.3) is 0 Å². The molecule has 0 amide bonds. The summed E-state index contributed by atoms with van der Waals surface area (Å²) in [7, 11) is 0. The molecule has 0 radical (unpaired) electrons. The van der Waals surface area contributed by atoms with Crippen LogP contribution in [-0.4, -0.2) is 36.2 Å². The molecule has 0 spiro atoms. The molecule has 0 aromatic carbocycles. The van der Waals surface area contributed by atoms with Crippen LogP contribution < -0.4 is 0 Å². The molecule has 2 aliphatic carbocycles. The summed E-state index contributed by atoms with van der Waals surface area (Å²) in [5.41, 5.74) is 1.29. The maximum absolute atomic E-state index is 6.72. The Hall–Kier alpha value is -0.960. The average molecular weight is 345 g/mol. The molecule has 0 N–H and O–H groups in total. The lowest BCUT2D eigenvalue weighted by atomic mass is 9.56. The number of aliphatic imine (C=N–C) groups is 2. The van der Waals surface area contributed by atoms with Crippen molar-refractivity contribution >= 4 is 13.4 Å². The third-order valence-corrected chi connectivity index (χ3v) is 7.67. The maximum atomic E-state index is 6.72. The Kier molecular flexibility index (Phi) is 4.77. The van der Waals surface area contributed by atoms with Crippen molar-refractivity contribution in [3.63, 3.8) is 0 Å². The Bertz CT molecular complexity index is 581. The average Bonchev–Trinajstić information content (AvgIpc) is 2.99. The van der Waals surface area contributed by atoms with E-state index in [1.165, 1.54) is 24.8 Å². The fraction of sp³-hybridized carbons (Fsp3) is 0.818. The van der Waals surface area contributed by atoms with Crippen LogP contribution in [0.4, 0.5) is 0 Å². The molecule has 0 aromatic rings. The number of rotatable bonds is 4. The molecule has 1 saturated carbocycles. The van der Waals surface area contributed by atoms with Crippen LogP contribution in [0.2, 0.25) is 0 Å². The summed E-state index contributed by atoms with van der Waals surface area (Å²) >= 11 is 0. The first-order valence-electron chi connectivity index (χ1n) is 9.96. The highest BCUT2D eigenvalue weighted by molar-refractivity contribution is 5.28. The van der Waals surface area contributed by atoms with Gasteiger partial charge in [-0.05, 0) is 104 Å². The van der Waals surface area contributed by atoms with Crippen LogP contribution in [0.5, 0.6) is 0 Å². The predicted molar refractivity (Wildman–Crippen MR) is 107 cm³/mol. The molecule has 1 aliphatic heterocycles. The molecule has 3 aliphatic rings. The van der Waals surface area contributed by atoms with Crippen molar-refractivity contribution in [2.24, 2.45) is 27.7 Å². The normalized spacial score (nSPS) is 44.8. The van der Waals surface area contributed by atoms with Gasteiger partial charge < -0.3 is 4.74 Å². The summed E-state index contributed by atoms with van der Waals surface area (Å²) in [6.07, 6.45) is 9.65. The molecular formula is C22H36N2O. The highest BCUT2D eigenvalue weighted by atomic mass is 16.5. The van der Waals surface area contributed by atoms with Crippen LogP contribution in [0.15, 0.2) is 21.6 Å². The van der Waals surface area contributed by atoms with Gasteiger partial charge in [0.15, 0.2) is 0 Å². The van der Waals surface area contributed by atoms with Crippen molar-refractivity contribution in [1.29, 1.82) is 0 Å². The van der Waals surface area contributed by atoms with Gasteiger partial charge in [-0.1, -0.05) is 11.6 Å². The van der Waals surface area contributed by atoms with Gasteiger partial charge in [0, 0.05) is 0 Å². The minimum Gasteiger partial charge on any atom is -0.369 e. The summed E-state index contributed by atoms with van der Waals surface area (Å²) < 4.78 is 6.72. The minimum atomic E-state index is -0.207. The molecule has 140 valence electrons. The first-order chi connectivity index (χ1) is 11.6. The number of allylic oxidation sites excluding steroid dienone is 2. The molecule has 2 fully saturated rings. The van der Waals surface area contributed by atoms with E-state index < -0.39 is 0 Å². The molecule has 0 bridgehead atoms. The quantitative estimate of drug-likeness (QED) is 0.507. The van der Waals surface area contributed by atoms with Crippen LogP contribution in [-0.2, 0) is 4.74 Å². The van der Waals surface area contributed by atoms with E-state index in [0.29, 0.717) is 17.8 Å². The molecule has 3 heteroatoms. The minimum absolute atomic E-state index is 0.0225. The van der Waals surface area contributed by atoms with Crippen LogP contribution >= 0.6 is 0 Å². The topological polar surface area (TPSA) is 34.0 Å². The zero-order chi connectivity index (χ0) is 18.5. The Balaban J connectivity index is 1.88. The monoisotopic (exact) mass is 344 g/mol. The number of hydrogen-bond donors (Lipinski definition) is 0. The Labute approximate surface area is 154 Å². The number of nitrogens with zero attached hydrogens (tertiary/aromatic N) is 2. The predicted octanol–water partition coefficient (Wildman–Crippen LogP) is 5.25. The van der Waals surface area contributed by atoms with Crippen molar-refractivity contribution in [1.82, 2.24) is 0 Å². The summed E-state index contributed by atoms with van der Waals surface area (Å²) in [5.74, 6) is 1.72. The van der Waals surface area contributed by atoms with E-state index in [4.69, 9.17) is 4.74 Å². The second-order valence-electron chi connectivity index (χ2n) is 9.67. The first kappa shape index (κ1) is 18.8. The van der Waals surface area contributed by atoms with Crippen molar-refractivity contribution in [3.05, 3.63) is 11.6 Å². The van der Waals surface area contributed by atoms with Gasteiger partial charge in [-0.25, -0.2) is 0 Å². The first-order valence-corrected chi connectivity index (χ1v) is 9.96. The van der Waals surface area contributed by atoms with E-state index in [9.17, 15) is 0 Å². The Morgan fingerprint density at radius 3 is 2.48 bits per heavy atom. The lowest BCUT2D eigenvalue weighted by Gasteiger charge is -2.53. The van der Waals surface area contributed by atoms with Crippen molar-refractivity contribution in [2.75, 3.05) is 0 Å². The van der Waals surface area contributed by atoms with Crippen molar-refractivity contribution in [2.45, 2.75) is 95.9 Å². The molecule has 3 nitrogen and oxygen atoms in total. The standard InChI is InChI=1S/C22H36N2O/c1-15-8-9-17-16(14-15)18(10-12-21(17,4)24-7)22(5)13-11-19(25-22)20(2,3)23-6/h14,16-19H,6-13H2,1-5H3. The summed E-state index contributed by atoms with van der Waals surface area (Å²) in [6, 6.07) is 0. The summed E-state index contributed by atoms with van der Waals surface area (Å²) in [4.78, 5) is 8.93. The Morgan fingerprint density at radius 2 is 1.84 bits per heavy atom. The molecule has 25 heavy (non-hydrogen) atoms. The maximum Gasteiger partial charge on any atom is 0.0829 e. The van der Waals surface area contributed by atoms with Crippen LogP contribution in [0.3, 0.4) is 0 Å². The van der Waals surface area contributed by atoms with Gasteiger partial charge in [-0.3, -0.25) is 9.98 Å². The van der Waals surface area contributed by atoms with E-state index in [1.54, 1.807) is 0 Å². The third-order valence-electron chi connectivity index (χ3n) is 7.67. The van der Waals surface area contributed by atoms with Gasteiger partial charge in [0.2, 0.25) is 0 Å². The number of hydrogen-bond acceptors (Lipinski definition) is 3. The molecule has 6 atom stereocenters. The van der Waals surface area contributed by atoms with Crippen molar-refractivity contribution < 1.29 is 4.74 Å². The van der Waals surface area contributed by atoms with E-state index in [-0.39, 0.29) is 22.8 Å². The van der Waals surface area contributed by atoms with E-state index in [0.717, 1.165) is 19.3 Å². The second kappa shape index (κ2) is 6.33. The molecule has 6 unspecified atom stereocenters. The highest BCUT2D eigenvalue weighted by Crippen LogP contribution is 2.55. The van der Waals surface area contributed by atoms with Gasteiger partial charge in [-0.2, -0.15) is 0 Å². The molecule has 3 rings (SSSR count). The second-order valence-corrected chi connectivity index (χ2v) is 9.67. The zero-order valence-electron chi connectivity index (χ0n) is 16.8. The van der Waals surface area contributed by atoms with Crippen LogP contribution in [0.1, 0.15) is 73.1 Å². The van der Waals surface area contributed by atoms with Gasteiger partial charge in [0.1, 0.15) is 0 Å².